The third-order valence-electron chi connectivity index (χ3n) is 7.70. The maximum absolute atomic E-state index is 11.9. The molecule has 0 saturated carbocycles. The van der Waals surface area contributed by atoms with Crippen LogP contribution in [0.2, 0.25) is 0 Å². The van der Waals surface area contributed by atoms with Crippen LogP contribution in [-0.4, -0.2) is 58.0 Å². The molecule has 0 radical (unpaired) electrons. The van der Waals surface area contributed by atoms with Gasteiger partial charge in [0.05, 0.1) is 0 Å². The monoisotopic (exact) mass is 575 g/mol. The average molecular weight is 576 g/mol. The quantitative estimate of drug-likeness (QED) is 0.0371. The summed E-state index contributed by atoms with van der Waals surface area (Å²) in [7, 11) is 0. The van der Waals surface area contributed by atoms with Gasteiger partial charge >= 0.3 is 58.0 Å². The molecule has 0 aromatic rings. The Hall–Kier alpha value is 0.672. The fraction of sp³-hybridized carbons (Fsp3) is 0.941. The standard InChI is InChI=1S/C34H66O3.2Mg.4H/c1-3-5-7-9-11-13-15-17-18-20-22-24-26-28-30-32-34(36)37-33(35)31-29-27-25-23-21-19-16-14-12-10-8-6-4-2;;;;;;/h3-32H2,1-2H3;;;;;;. The highest BCUT2D eigenvalue weighted by Crippen LogP contribution is 2.15. The molecule has 0 unspecified atom stereocenters. The van der Waals surface area contributed by atoms with Gasteiger partial charge in [-0.2, -0.15) is 0 Å². The summed E-state index contributed by atoms with van der Waals surface area (Å²) in [6.07, 6.45) is 37.2. The van der Waals surface area contributed by atoms with E-state index in [9.17, 15) is 9.59 Å². The van der Waals surface area contributed by atoms with Crippen molar-refractivity contribution in [2.75, 3.05) is 0 Å². The predicted octanol–water partition coefficient (Wildman–Crippen LogP) is 9.97. The topological polar surface area (TPSA) is 43.4 Å². The minimum atomic E-state index is -0.325. The summed E-state index contributed by atoms with van der Waals surface area (Å²) in [6, 6.07) is 0. The van der Waals surface area contributed by atoms with Crippen molar-refractivity contribution in [3.63, 3.8) is 0 Å². The molecule has 228 valence electrons. The Morgan fingerprint density at radius 3 is 0.718 bits per heavy atom. The predicted molar refractivity (Wildman–Crippen MR) is 178 cm³/mol. The summed E-state index contributed by atoms with van der Waals surface area (Å²) in [4.78, 5) is 23.8. The number of carbonyl (C=O) groups is 2. The molecule has 0 saturated heterocycles. The average Bonchev–Trinajstić information content (AvgIpc) is 2.89. The van der Waals surface area contributed by atoms with E-state index in [0.29, 0.717) is 12.8 Å². The van der Waals surface area contributed by atoms with E-state index in [2.05, 4.69) is 13.8 Å². The SMILES string of the molecule is CCCCCCCCCCCCCCCCCC(=O)OC(=O)CCCCCCCCCCCCCCC.[MgH2].[MgH2]. The van der Waals surface area contributed by atoms with Crippen LogP contribution in [0.3, 0.4) is 0 Å². The van der Waals surface area contributed by atoms with Gasteiger partial charge in [0, 0.05) is 12.8 Å². The van der Waals surface area contributed by atoms with Crippen LogP contribution in [-0.2, 0) is 14.3 Å². The fourth-order valence-electron chi connectivity index (χ4n) is 5.16. The van der Waals surface area contributed by atoms with E-state index in [4.69, 9.17) is 4.74 Å². The van der Waals surface area contributed by atoms with E-state index in [1.165, 1.54) is 154 Å². The molecule has 0 rings (SSSR count). The molecule has 0 aliphatic heterocycles. The summed E-state index contributed by atoms with van der Waals surface area (Å²) < 4.78 is 5.00. The van der Waals surface area contributed by atoms with Gasteiger partial charge in [0.2, 0.25) is 0 Å². The maximum Gasteiger partial charge on any atom is 0.316 e. The second-order valence-corrected chi connectivity index (χ2v) is 11.5. The summed E-state index contributed by atoms with van der Waals surface area (Å²) in [5.74, 6) is -0.650. The van der Waals surface area contributed by atoms with Crippen LogP contribution in [0.5, 0.6) is 0 Å². The van der Waals surface area contributed by atoms with E-state index >= 15 is 0 Å². The van der Waals surface area contributed by atoms with Crippen molar-refractivity contribution in [2.24, 2.45) is 0 Å². The van der Waals surface area contributed by atoms with Gasteiger partial charge in [0.15, 0.2) is 0 Å². The zero-order valence-corrected chi connectivity index (χ0v) is 25.4. The summed E-state index contributed by atoms with van der Waals surface area (Å²) in [5, 5.41) is 0. The van der Waals surface area contributed by atoms with Crippen LogP contribution >= 0.6 is 0 Å². The number of hydrogen-bond acceptors (Lipinski definition) is 3. The molecule has 3 nitrogen and oxygen atoms in total. The van der Waals surface area contributed by atoms with Gasteiger partial charge in [0.25, 0.3) is 0 Å². The van der Waals surface area contributed by atoms with E-state index in [0.717, 1.165) is 25.7 Å². The Bertz CT molecular complexity index is 485. The lowest BCUT2D eigenvalue weighted by molar-refractivity contribution is -0.159. The summed E-state index contributed by atoms with van der Waals surface area (Å²) in [6.45, 7) is 4.55. The highest BCUT2D eigenvalue weighted by Gasteiger charge is 2.09. The van der Waals surface area contributed by atoms with Gasteiger partial charge in [-0.3, -0.25) is 9.59 Å². The van der Waals surface area contributed by atoms with Crippen LogP contribution in [0.4, 0.5) is 0 Å². The summed E-state index contributed by atoms with van der Waals surface area (Å²) >= 11 is 0. The van der Waals surface area contributed by atoms with Crippen molar-refractivity contribution < 1.29 is 14.3 Å². The lowest BCUT2D eigenvalue weighted by atomic mass is 10.0. The Morgan fingerprint density at radius 1 is 0.333 bits per heavy atom. The Kier molecular flexibility index (Phi) is 43.7. The van der Waals surface area contributed by atoms with Gasteiger partial charge in [-0.05, 0) is 12.8 Å². The van der Waals surface area contributed by atoms with E-state index in [-0.39, 0.29) is 58.0 Å². The molecule has 5 heteroatoms. The summed E-state index contributed by atoms with van der Waals surface area (Å²) in [5.41, 5.74) is 0. The van der Waals surface area contributed by atoms with Crippen molar-refractivity contribution in [1.29, 1.82) is 0 Å². The Morgan fingerprint density at radius 2 is 0.513 bits per heavy atom. The number of carbonyl (C=O) groups excluding carboxylic acids is 2. The van der Waals surface area contributed by atoms with Crippen LogP contribution in [0, 0.1) is 0 Å². The molecule has 0 N–H and O–H groups in total. The van der Waals surface area contributed by atoms with Gasteiger partial charge in [-0.15, -0.1) is 0 Å². The Balaban J connectivity index is -0.00000648. The normalized spacial score (nSPS) is 10.6. The molecule has 0 amide bonds. The first kappa shape index (κ1) is 44.1. The molecular formula is C34H70Mg2O3. The van der Waals surface area contributed by atoms with Crippen molar-refractivity contribution in [3.8, 4) is 0 Å². The van der Waals surface area contributed by atoms with Crippen molar-refractivity contribution in [2.45, 2.75) is 206 Å². The minimum absolute atomic E-state index is 0. The number of hydrogen-bond donors (Lipinski definition) is 0. The second-order valence-electron chi connectivity index (χ2n) is 11.5. The lowest BCUT2D eigenvalue weighted by Gasteiger charge is -2.05. The lowest BCUT2D eigenvalue weighted by Crippen LogP contribution is -2.11. The molecule has 0 aromatic carbocycles. The molecule has 0 atom stereocenters. The molecule has 0 aromatic heterocycles. The van der Waals surface area contributed by atoms with Crippen LogP contribution in [0.25, 0.3) is 0 Å². The zero-order chi connectivity index (χ0) is 27.1. The highest BCUT2D eigenvalue weighted by atomic mass is 24.3. The third-order valence-corrected chi connectivity index (χ3v) is 7.70. The molecule has 0 aliphatic carbocycles. The van der Waals surface area contributed by atoms with Crippen LogP contribution in [0.1, 0.15) is 206 Å². The number of ether oxygens (including phenoxy) is 1. The maximum atomic E-state index is 11.9. The molecule has 0 aliphatic rings. The second kappa shape index (κ2) is 38.7. The first-order valence-corrected chi connectivity index (χ1v) is 16.9. The van der Waals surface area contributed by atoms with E-state index < -0.39 is 0 Å². The van der Waals surface area contributed by atoms with Crippen LogP contribution in [0.15, 0.2) is 0 Å². The first-order chi connectivity index (χ1) is 18.2. The number of unbranched alkanes of at least 4 members (excludes halogenated alkanes) is 26. The highest BCUT2D eigenvalue weighted by molar-refractivity contribution is 5.85. The molecule has 0 spiro atoms. The van der Waals surface area contributed by atoms with Gasteiger partial charge in [-0.1, -0.05) is 181 Å². The molecule has 0 heterocycles. The smallest absolute Gasteiger partial charge is 0.316 e. The van der Waals surface area contributed by atoms with E-state index in [1.54, 1.807) is 0 Å². The van der Waals surface area contributed by atoms with Crippen molar-refractivity contribution in [3.05, 3.63) is 0 Å². The van der Waals surface area contributed by atoms with Gasteiger partial charge < -0.3 is 4.74 Å². The van der Waals surface area contributed by atoms with Gasteiger partial charge in [0.1, 0.15) is 0 Å². The molecule has 39 heavy (non-hydrogen) atoms. The minimum Gasteiger partial charge on any atom is -0.393 e. The Labute approximate surface area is 277 Å². The molecular weight excluding hydrogens is 505 g/mol. The number of rotatable bonds is 30. The zero-order valence-electron chi connectivity index (χ0n) is 25.4. The molecule has 0 fully saturated rings. The largest absolute Gasteiger partial charge is 0.393 e. The van der Waals surface area contributed by atoms with Crippen LogP contribution < -0.4 is 0 Å². The fourth-order valence-corrected chi connectivity index (χ4v) is 5.16. The third kappa shape index (κ3) is 38.7. The van der Waals surface area contributed by atoms with Crippen molar-refractivity contribution >= 4 is 58.0 Å². The number of esters is 2. The van der Waals surface area contributed by atoms with Gasteiger partial charge in [-0.25, -0.2) is 0 Å². The van der Waals surface area contributed by atoms with E-state index in [1.807, 2.05) is 0 Å². The molecule has 0 bridgehead atoms. The first-order valence-electron chi connectivity index (χ1n) is 16.9. The van der Waals surface area contributed by atoms with Crippen molar-refractivity contribution in [1.82, 2.24) is 0 Å².